The molecule has 1 rings (SSSR count). The van der Waals surface area contributed by atoms with E-state index in [2.05, 4.69) is 22.9 Å². The van der Waals surface area contributed by atoms with Gasteiger partial charge in [-0.25, -0.2) is 4.98 Å². The van der Waals surface area contributed by atoms with Crippen LogP contribution in [-0.2, 0) is 4.79 Å². The monoisotopic (exact) mass is 240 g/mol. The number of aromatic nitrogens is 1. The van der Waals surface area contributed by atoms with Crippen molar-refractivity contribution in [2.75, 3.05) is 11.1 Å². The van der Waals surface area contributed by atoms with E-state index in [1.165, 1.54) is 11.3 Å². The van der Waals surface area contributed by atoms with Crippen molar-refractivity contribution in [3.05, 3.63) is 11.6 Å². The van der Waals surface area contributed by atoms with Crippen LogP contribution in [0.15, 0.2) is 11.6 Å². The summed E-state index contributed by atoms with van der Waals surface area (Å²) in [6.45, 7) is 0. The van der Waals surface area contributed by atoms with Gasteiger partial charge in [-0.1, -0.05) is 0 Å². The Balaban J connectivity index is 0.00000169. The molecule has 0 saturated heterocycles. The summed E-state index contributed by atoms with van der Waals surface area (Å²) < 4.78 is 0. The fourth-order valence-electron chi connectivity index (χ4n) is 0.822. The minimum absolute atomic E-state index is 0. The summed E-state index contributed by atoms with van der Waals surface area (Å²) in [6, 6.07) is -0.705. The molecule has 4 nitrogen and oxygen atoms in total. The Bertz CT molecular complexity index is 269. The summed E-state index contributed by atoms with van der Waals surface area (Å²) in [4.78, 5) is 14.5. The maximum absolute atomic E-state index is 10.6. The van der Waals surface area contributed by atoms with Crippen molar-refractivity contribution in [3.63, 3.8) is 0 Å². The molecule has 14 heavy (non-hydrogen) atoms. The van der Waals surface area contributed by atoms with Crippen LogP contribution in [-0.4, -0.2) is 22.7 Å². The van der Waals surface area contributed by atoms with E-state index >= 15 is 0 Å². The number of nitrogens with zero attached hydrogens (tertiary/aromatic N) is 1. The Labute approximate surface area is 114 Å². The number of aliphatic carboxylic acids is 1. The topological polar surface area (TPSA) is 65.0 Å². The molecule has 0 aliphatic rings. The average molecular weight is 240 g/mol. The summed E-state index contributed by atoms with van der Waals surface area (Å²) in [6.07, 6.45) is 2.03. The number of hydrogen-bond acceptors (Lipinski definition) is 6. The second-order valence-electron chi connectivity index (χ2n) is 2.37. The fraction of sp³-hybridized carbons (Fsp3) is 0.429. The van der Waals surface area contributed by atoms with Gasteiger partial charge in [-0.05, 0) is 12.2 Å². The quantitative estimate of drug-likeness (QED) is 0.425. The molecule has 0 amide bonds. The summed E-state index contributed by atoms with van der Waals surface area (Å²) >= 11 is 5.31. The SMILES string of the molecule is O=C([O-])C(CCS)Nc1nccs1.[Na+]. The number of carbonyl (C=O) groups is 1. The predicted molar refractivity (Wildman–Crippen MR) is 53.0 cm³/mol. The van der Waals surface area contributed by atoms with E-state index in [0.717, 1.165) is 0 Å². The van der Waals surface area contributed by atoms with E-state index < -0.39 is 12.0 Å². The van der Waals surface area contributed by atoms with Gasteiger partial charge in [-0.2, -0.15) is 12.6 Å². The van der Waals surface area contributed by atoms with Gasteiger partial charge in [0.25, 0.3) is 0 Å². The molecule has 72 valence electrons. The first-order chi connectivity index (χ1) is 6.24. The van der Waals surface area contributed by atoms with Gasteiger partial charge in [0.15, 0.2) is 5.13 Å². The zero-order valence-corrected chi connectivity index (χ0v) is 11.5. The van der Waals surface area contributed by atoms with Crippen LogP contribution in [0.25, 0.3) is 0 Å². The van der Waals surface area contributed by atoms with Crippen molar-refractivity contribution in [1.29, 1.82) is 0 Å². The number of thiazole rings is 1. The van der Waals surface area contributed by atoms with Crippen molar-refractivity contribution >= 4 is 35.1 Å². The molecular formula is C7H9N2NaO2S2. The number of hydrogen-bond donors (Lipinski definition) is 2. The van der Waals surface area contributed by atoms with Crippen LogP contribution in [0.2, 0.25) is 0 Å². The molecule has 0 bridgehead atoms. The molecule has 0 aliphatic carbocycles. The Kier molecular flexibility index (Phi) is 7.66. The van der Waals surface area contributed by atoms with E-state index in [4.69, 9.17) is 0 Å². The first kappa shape index (κ1) is 14.2. The van der Waals surface area contributed by atoms with E-state index in [1.54, 1.807) is 11.6 Å². The first-order valence-electron chi connectivity index (χ1n) is 3.72. The summed E-state index contributed by atoms with van der Waals surface area (Å²) in [5.74, 6) is -0.624. The Morgan fingerprint density at radius 3 is 2.93 bits per heavy atom. The van der Waals surface area contributed by atoms with Gasteiger partial charge in [0.05, 0.1) is 12.0 Å². The van der Waals surface area contributed by atoms with Gasteiger partial charge < -0.3 is 15.2 Å². The minimum Gasteiger partial charge on any atom is -0.548 e. The van der Waals surface area contributed by atoms with E-state index in [1.807, 2.05) is 0 Å². The minimum atomic E-state index is -1.12. The standard InChI is InChI=1S/C7H10N2O2S2.Na/c10-6(11)5(1-3-12)9-7-8-2-4-13-7;/h2,4-5,12H,1,3H2,(H,8,9)(H,10,11);/q;+1/p-1. The molecule has 1 atom stereocenters. The van der Waals surface area contributed by atoms with Gasteiger partial charge in [0.1, 0.15) is 0 Å². The Hall–Kier alpha value is 0.250. The smallest absolute Gasteiger partial charge is 0.548 e. The van der Waals surface area contributed by atoms with E-state index in [-0.39, 0.29) is 29.6 Å². The van der Waals surface area contributed by atoms with Gasteiger partial charge in [-0.15, -0.1) is 11.3 Å². The van der Waals surface area contributed by atoms with Gasteiger partial charge >= 0.3 is 29.6 Å². The second kappa shape index (κ2) is 7.53. The average Bonchev–Trinajstić information content (AvgIpc) is 2.56. The number of thiol groups is 1. The molecule has 1 N–H and O–H groups in total. The van der Waals surface area contributed by atoms with E-state index in [9.17, 15) is 9.90 Å². The molecule has 1 aromatic heterocycles. The van der Waals surface area contributed by atoms with Crippen molar-refractivity contribution in [3.8, 4) is 0 Å². The van der Waals surface area contributed by atoms with Crippen LogP contribution >= 0.6 is 24.0 Å². The maximum Gasteiger partial charge on any atom is 1.00 e. The summed E-state index contributed by atoms with van der Waals surface area (Å²) in [7, 11) is 0. The molecule has 0 aliphatic heterocycles. The molecule has 0 saturated carbocycles. The van der Waals surface area contributed by atoms with Gasteiger partial charge in [-0.3, -0.25) is 0 Å². The maximum atomic E-state index is 10.6. The normalized spacial score (nSPS) is 11.5. The van der Waals surface area contributed by atoms with Crippen LogP contribution in [0.1, 0.15) is 6.42 Å². The Morgan fingerprint density at radius 1 is 1.79 bits per heavy atom. The number of carboxylic acid groups (broad SMARTS) is 1. The first-order valence-corrected chi connectivity index (χ1v) is 5.23. The molecular weight excluding hydrogens is 231 g/mol. The molecule has 7 heteroatoms. The predicted octanol–water partition coefficient (Wildman–Crippen LogP) is -3.00. The number of carbonyl (C=O) groups excluding carboxylic acids is 1. The second-order valence-corrected chi connectivity index (χ2v) is 3.71. The summed E-state index contributed by atoms with van der Waals surface area (Å²) in [5.41, 5.74) is 0. The van der Waals surface area contributed by atoms with E-state index in [0.29, 0.717) is 17.3 Å². The van der Waals surface area contributed by atoms with Crippen LogP contribution in [0.4, 0.5) is 5.13 Å². The van der Waals surface area contributed by atoms with Crippen molar-refractivity contribution in [1.82, 2.24) is 4.98 Å². The third kappa shape index (κ3) is 4.65. The molecule has 0 aromatic carbocycles. The molecule has 1 aromatic rings. The zero-order chi connectivity index (χ0) is 9.68. The van der Waals surface area contributed by atoms with Crippen molar-refractivity contribution in [2.45, 2.75) is 12.5 Å². The van der Waals surface area contributed by atoms with Crippen LogP contribution in [0.5, 0.6) is 0 Å². The number of nitrogens with one attached hydrogen (secondary N) is 1. The van der Waals surface area contributed by atoms with Crippen LogP contribution in [0.3, 0.4) is 0 Å². The zero-order valence-electron chi connectivity index (χ0n) is 7.77. The van der Waals surface area contributed by atoms with Crippen molar-refractivity contribution in [2.24, 2.45) is 0 Å². The molecule has 0 fully saturated rings. The van der Waals surface area contributed by atoms with Crippen LogP contribution < -0.4 is 40.0 Å². The fourth-order valence-corrected chi connectivity index (χ4v) is 1.66. The number of carboxylic acids is 1. The largest absolute Gasteiger partial charge is 1.00 e. The molecule has 0 radical (unpaired) electrons. The third-order valence-electron chi connectivity index (χ3n) is 1.43. The van der Waals surface area contributed by atoms with Crippen LogP contribution in [0, 0.1) is 0 Å². The molecule has 0 spiro atoms. The van der Waals surface area contributed by atoms with Crippen molar-refractivity contribution < 1.29 is 39.5 Å². The number of rotatable bonds is 5. The molecule has 1 unspecified atom stereocenters. The van der Waals surface area contributed by atoms with Gasteiger partial charge in [0.2, 0.25) is 0 Å². The van der Waals surface area contributed by atoms with Gasteiger partial charge in [0, 0.05) is 11.6 Å². The third-order valence-corrected chi connectivity index (χ3v) is 2.39. The number of anilines is 1. The Morgan fingerprint density at radius 2 is 2.50 bits per heavy atom. The molecule has 1 heterocycles. The summed E-state index contributed by atoms with van der Waals surface area (Å²) in [5, 5.41) is 15.7.